The molecule has 0 aliphatic carbocycles. The van der Waals surface area contributed by atoms with Gasteiger partial charge < -0.3 is 14.6 Å². The molecule has 3 aromatic rings. The average Bonchev–Trinajstić information content (AvgIpc) is 3.08. The third-order valence-electron chi connectivity index (χ3n) is 4.53. The van der Waals surface area contributed by atoms with Crippen LogP contribution in [0.2, 0.25) is 0 Å². The number of aromatic nitrogens is 1. The molecule has 0 aliphatic rings. The summed E-state index contributed by atoms with van der Waals surface area (Å²) in [5, 5.41) is 7.06. The van der Waals surface area contributed by atoms with Gasteiger partial charge in [-0.2, -0.15) is 0 Å². The molecule has 0 saturated carbocycles. The van der Waals surface area contributed by atoms with E-state index in [0.29, 0.717) is 28.3 Å². The van der Waals surface area contributed by atoms with Crippen molar-refractivity contribution in [1.82, 2.24) is 10.5 Å². The topological polar surface area (TPSA) is 64.4 Å². The molecule has 3 rings (SSSR count). The molecule has 1 heterocycles. The maximum atomic E-state index is 12.9. The number of ether oxygens (including phenoxy) is 1. The monoisotopic (exact) mass is 364 g/mol. The Morgan fingerprint density at radius 1 is 1.15 bits per heavy atom. The lowest BCUT2D eigenvalue weighted by molar-refractivity contribution is 0.0938. The number of benzene rings is 2. The number of carbonyl (C=O) groups is 1. The van der Waals surface area contributed by atoms with Crippen LogP contribution in [0.1, 0.15) is 35.0 Å². The van der Waals surface area contributed by atoms with Crippen molar-refractivity contribution in [3.8, 4) is 17.1 Å². The number of nitrogens with zero attached hydrogens (tertiary/aromatic N) is 1. The maximum absolute atomic E-state index is 12.9. The molecule has 0 saturated heterocycles. The van der Waals surface area contributed by atoms with Crippen molar-refractivity contribution in [1.29, 1.82) is 0 Å². The van der Waals surface area contributed by atoms with Gasteiger partial charge in [-0.25, -0.2) is 0 Å². The van der Waals surface area contributed by atoms with Crippen molar-refractivity contribution in [2.75, 3.05) is 7.11 Å². The number of hydrogen-bond acceptors (Lipinski definition) is 4. The Hall–Kier alpha value is -3.08. The number of hydrogen-bond donors (Lipinski definition) is 1. The lowest BCUT2D eigenvalue weighted by Crippen LogP contribution is -2.33. The maximum Gasteiger partial charge on any atom is 0.257 e. The first-order valence-electron chi connectivity index (χ1n) is 9.04. The van der Waals surface area contributed by atoms with E-state index in [1.54, 1.807) is 14.0 Å². The van der Waals surface area contributed by atoms with Gasteiger partial charge in [0.1, 0.15) is 11.3 Å². The molecule has 5 nitrogen and oxygen atoms in total. The van der Waals surface area contributed by atoms with E-state index < -0.39 is 0 Å². The predicted molar refractivity (Wildman–Crippen MR) is 105 cm³/mol. The third-order valence-corrected chi connectivity index (χ3v) is 4.53. The molecule has 1 amide bonds. The van der Waals surface area contributed by atoms with Gasteiger partial charge in [0.15, 0.2) is 5.76 Å². The second-order valence-corrected chi connectivity index (χ2v) is 6.57. The largest absolute Gasteiger partial charge is 0.496 e. The molecule has 1 N–H and O–H groups in total. The summed E-state index contributed by atoms with van der Waals surface area (Å²) in [5.74, 6) is 0.882. The normalized spacial score (nSPS) is 11.8. The fourth-order valence-electron chi connectivity index (χ4n) is 3.05. The number of nitrogens with one attached hydrogen (secondary N) is 1. The zero-order chi connectivity index (χ0) is 19.2. The molecule has 27 heavy (non-hydrogen) atoms. The number of aryl methyl sites for hydroxylation is 2. The summed E-state index contributed by atoms with van der Waals surface area (Å²) in [7, 11) is 1.59. The molecule has 0 radical (unpaired) electrons. The van der Waals surface area contributed by atoms with Crippen molar-refractivity contribution in [3.05, 3.63) is 71.4 Å². The fraction of sp³-hybridized carbons (Fsp3) is 0.273. The first-order valence-corrected chi connectivity index (χ1v) is 9.04. The minimum atomic E-state index is -0.185. The van der Waals surface area contributed by atoms with E-state index in [9.17, 15) is 4.79 Å². The molecule has 0 unspecified atom stereocenters. The first kappa shape index (κ1) is 18.7. The van der Waals surface area contributed by atoms with E-state index in [-0.39, 0.29) is 11.9 Å². The first-order chi connectivity index (χ1) is 13.1. The summed E-state index contributed by atoms with van der Waals surface area (Å²) >= 11 is 0. The van der Waals surface area contributed by atoms with E-state index in [2.05, 4.69) is 22.6 Å². The van der Waals surface area contributed by atoms with Gasteiger partial charge >= 0.3 is 0 Å². The molecule has 140 valence electrons. The van der Waals surface area contributed by atoms with Gasteiger partial charge in [-0.1, -0.05) is 47.6 Å². The van der Waals surface area contributed by atoms with Crippen LogP contribution in [0.25, 0.3) is 11.3 Å². The number of amides is 1. The van der Waals surface area contributed by atoms with Crippen molar-refractivity contribution >= 4 is 5.91 Å². The van der Waals surface area contributed by atoms with Gasteiger partial charge in [0.25, 0.3) is 5.91 Å². The standard InChI is InChI=1S/C22H24N2O3/c1-15(13-14-17-9-5-4-6-10-17)23-22(25)20-16(2)24-27-21(20)18-11-7-8-12-19(18)26-3/h4-12,15H,13-14H2,1-3H3,(H,23,25)/t15-/m0/s1. The van der Waals surface area contributed by atoms with Crippen LogP contribution in [0.15, 0.2) is 59.1 Å². The van der Waals surface area contributed by atoms with Crippen LogP contribution in [-0.2, 0) is 6.42 Å². The van der Waals surface area contributed by atoms with Crippen LogP contribution >= 0.6 is 0 Å². The molecule has 1 aromatic heterocycles. The van der Waals surface area contributed by atoms with Gasteiger partial charge in [-0.05, 0) is 44.4 Å². The molecule has 2 aromatic carbocycles. The molecule has 0 bridgehead atoms. The van der Waals surface area contributed by atoms with Crippen LogP contribution in [0.4, 0.5) is 0 Å². The lowest BCUT2D eigenvalue weighted by atomic mass is 10.0. The van der Waals surface area contributed by atoms with Gasteiger partial charge in [0.05, 0.1) is 18.4 Å². The van der Waals surface area contributed by atoms with Crippen molar-refractivity contribution in [3.63, 3.8) is 0 Å². The quantitative estimate of drug-likeness (QED) is 0.674. The lowest BCUT2D eigenvalue weighted by Gasteiger charge is -2.14. The molecule has 1 atom stereocenters. The van der Waals surface area contributed by atoms with Crippen molar-refractivity contribution < 1.29 is 14.1 Å². The summed E-state index contributed by atoms with van der Waals surface area (Å²) in [6, 6.07) is 17.7. The molecule has 5 heteroatoms. The fourth-order valence-corrected chi connectivity index (χ4v) is 3.05. The smallest absolute Gasteiger partial charge is 0.257 e. The average molecular weight is 364 g/mol. The second-order valence-electron chi connectivity index (χ2n) is 6.57. The Morgan fingerprint density at radius 2 is 1.85 bits per heavy atom. The Morgan fingerprint density at radius 3 is 2.59 bits per heavy atom. The molecular weight excluding hydrogens is 340 g/mol. The van der Waals surface area contributed by atoms with E-state index in [0.717, 1.165) is 12.8 Å². The number of carbonyl (C=O) groups excluding carboxylic acids is 1. The van der Waals surface area contributed by atoms with Crippen LogP contribution in [-0.4, -0.2) is 24.2 Å². The minimum absolute atomic E-state index is 0.0255. The van der Waals surface area contributed by atoms with E-state index in [1.807, 2.05) is 49.4 Å². The highest BCUT2D eigenvalue weighted by atomic mass is 16.5. The van der Waals surface area contributed by atoms with Crippen molar-refractivity contribution in [2.45, 2.75) is 32.7 Å². The van der Waals surface area contributed by atoms with Gasteiger partial charge in [-0.15, -0.1) is 0 Å². The minimum Gasteiger partial charge on any atom is -0.496 e. The highest BCUT2D eigenvalue weighted by Crippen LogP contribution is 2.33. The van der Waals surface area contributed by atoms with Crippen LogP contribution in [0, 0.1) is 6.92 Å². The molecular formula is C22H24N2O3. The number of rotatable bonds is 7. The molecule has 0 aliphatic heterocycles. The highest BCUT2D eigenvalue weighted by molar-refractivity contribution is 6.01. The van der Waals surface area contributed by atoms with Gasteiger partial charge in [0, 0.05) is 6.04 Å². The predicted octanol–water partition coefficient (Wildman–Crippen LogP) is 4.41. The molecule has 0 spiro atoms. The van der Waals surface area contributed by atoms with E-state index >= 15 is 0 Å². The third kappa shape index (κ3) is 4.37. The van der Waals surface area contributed by atoms with Crippen molar-refractivity contribution in [2.24, 2.45) is 0 Å². The highest BCUT2D eigenvalue weighted by Gasteiger charge is 2.24. The van der Waals surface area contributed by atoms with Crippen LogP contribution < -0.4 is 10.1 Å². The van der Waals surface area contributed by atoms with Crippen LogP contribution in [0.3, 0.4) is 0 Å². The Labute approximate surface area is 159 Å². The summed E-state index contributed by atoms with van der Waals surface area (Å²) in [6.45, 7) is 3.78. The Kier molecular flexibility index (Phi) is 5.91. The number of methoxy groups -OCH3 is 1. The zero-order valence-corrected chi connectivity index (χ0v) is 15.9. The SMILES string of the molecule is COc1ccccc1-c1onc(C)c1C(=O)N[C@@H](C)CCc1ccccc1. The van der Waals surface area contributed by atoms with Gasteiger partial charge in [0.2, 0.25) is 0 Å². The zero-order valence-electron chi connectivity index (χ0n) is 15.9. The summed E-state index contributed by atoms with van der Waals surface area (Å²) in [4.78, 5) is 12.9. The number of para-hydroxylation sites is 1. The van der Waals surface area contributed by atoms with E-state index in [4.69, 9.17) is 9.26 Å². The second kappa shape index (κ2) is 8.54. The Balaban J connectivity index is 1.74. The summed E-state index contributed by atoms with van der Waals surface area (Å²) in [5.41, 5.74) is 2.98. The summed E-state index contributed by atoms with van der Waals surface area (Å²) < 4.78 is 10.9. The summed E-state index contributed by atoms with van der Waals surface area (Å²) in [6.07, 6.45) is 1.76. The Bertz CT molecular complexity index is 903. The van der Waals surface area contributed by atoms with Gasteiger partial charge in [-0.3, -0.25) is 4.79 Å². The molecule has 0 fully saturated rings. The van der Waals surface area contributed by atoms with Crippen LogP contribution in [0.5, 0.6) is 5.75 Å². The van der Waals surface area contributed by atoms with E-state index in [1.165, 1.54) is 5.56 Å².